The van der Waals surface area contributed by atoms with E-state index in [9.17, 15) is 8.42 Å². The first-order valence-electron chi connectivity index (χ1n) is 9.43. The summed E-state index contributed by atoms with van der Waals surface area (Å²) in [5, 5.41) is 0.583. The van der Waals surface area contributed by atoms with Gasteiger partial charge in [0.25, 0.3) is 10.1 Å². The lowest BCUT2D eigenvalue weighted by Gasteiger charge is -2.36. The zero-order chi connectivity index (χ0) is 21.4. The number of rotatable bonds is 5. The Bertz CT molecular complexity index is 1170. The molecule has 30 heavy (non-hydrogen) atoms. The van der Waals surface area contributed by atoms with Gasteiger partial charge in [-0.15, -0.1) is 0 Å². The molecule has 5 nitrogen and oxygen atoms in total. The third-order valence-electron chi connectivity index (χ3n) is 4.85. The highest BCUT2D eigenvalue weighted by Gasteiger charge is 2.37. The Hall–Kier alpha value is -2.54. The van der Waals surface area contributed by atoms with Crippen molar-refractivity contribution >= 4 is 21.7 Å². The molecule has 0 unspecified atom stereocenters. The van der Waals surface area contributed by atoms with Crippen LogP contribution >= 0.6 is 11.6 Å². The van der Waals surface area contributed by atoms with Gasteiger partial charge in [0.15, 0.2) is 17.1 Å². The second-order valence-electron chi connectivity index (χ2n) is 7.48. The summed E-state index contributed by atoms with van der Waals surface area (Å²) in [6.07, 6.45) is 0. The number of hydrogen-bond donors (Lipinski definition) is 0. The van der Waals surface area contributed by atoms with Crippen LogP contribution in [0.15, 0.2) is 71.6 Å². The van der Waals surface area contributed by atoms with E-state index in [1.54, 1.807) is 31.2 Å². The molecule has 1 heterocycles. The second kappa shape index (κ2) is 7.95. The van der Waals surface area contributed by atoms with Gasteiger partial charge in [-0.2, -0.15) is 8.42 Å². The maximum Gasteiger partial charge on any atom is 0.297 e. The molecule has 0 saturated heterocycles. The minimum absolute atomic E-state index is 0.102. The molecule has 0 N–H and O–H groups in total. The molecule has 1 aliphatic rings. The molecule has 7 heteroatoms. The molecule has 0 amide bonds. The van der Waals surface area contributed by atoms with Gasteiger partial charge in [0.05, 0.1) is 4.90 Å². The number of hydrogen-bond acceptors (Lipinski definition) is 5. The zero-order valence-electron chi connectivity index (χ0n) is 16.6. The van der Waals surface area contributed by atoms with Crippen LogP contribution in [0.4, 0.5) is 0 Å². The van der Waals surface area contributed by atoms with Gasteiger partial charge in [-0.25, -0.2) is 0 Å². The maximum atomic E-state index is 12.6. The highest BCUT2D eigenvalue weighted by molar-refractivity contribution is 7.86. The Morgan fingerprint density at radius 2 is 1.70 bits per heavy atom. The van der Waals surface area contributed by atoms with Crippen LogP contribution in [0, 0.1) is 6.92 Å². The Morgan fingerprint density at radius 3 is 2.43 bits per heavy atom. The third kappa shape index (κ3) is 4.17. The van der Waals surface area contributed by atoms with Crippen LogP contribution in [0.5, 0.6) is 11.5 Å². The summed E-state index contributed by atoms with van der Waals surface area (Å²) >= 11 is 6.37. The van der Waals surface area contributed by atoms with Crippen molar-refractivity contribution in [1.82, 2.24) is 0 Å². The van der Waals surface area contributed by atoms with E-state index in [1.165, 1.54) is 12.1 Å². The summed E-state index contributed by atoms with van der Waals surface area (Å²) in [7, 11) is -3.92. The normalized spacial score (nSPS) is 18.2. The molecule has 0 saturated carbocycles. The second-order valence-corrected chi connectivity index (χ2v) is 9.51. The van der Waals surface area contributed by atoms with Gasteiger partial charge in [-0.05, 0) is 38.1 Å². The predicted octanol–water partition coefficient (Wildman–Crippen LogP) is 5.25. The smallest absolute Gasteiger partial charge is 0.297 e. The Kier molecular flexibility index (Phi) is 5.49. The van der Waals surface area contributed by atoms with Crippen molar-refractivity contribution in [2.45, 2.75) is 24.3 Å². The van der Waals surface area contributed by atoms with Gasteiger partial charge >= 0.3 is 0 Å². The minimum Gasteiger partial charge on any atom is -0.485 e. The number of fused-ring (bicyclic) bond motifs is 1. The van der Waals surface area contributed by atoms with E-state index >= 15 is 0 Å². The van der Waals surface area contributed by atoms with Crippen molar-refractivity contribution in [3.63, 3.8) is 0 Å². The molecule has 0 aliphatic carbocycles. The molecule has 0 spiro atoms. The Morgan fingerprint density at radius 1 is 1.00 bits per heavy atom. The number of ether oxygens (including phenoxy) is 2. The lowest BCUT2D eigenvalue weighted by Crippen LogP contribution is -2.46. The fraction of sp³-hybridized carbons (Fsp3) is 0.217. The van der Waals surface area contributed by atoms with Crippen molar-refractivity contribution in [3.05, 3.63) is 77.3 Å². The summed E-state index contributed by atoms with van der Waals surface area (Å²) in [6, 6.07) is 19.5. The average molecular weight is 445 g/mol. The Labute approximate surface area is 181 Å². The molecule has 4 rings (SSSR count). The van der Waals surface area contributed by atoms with Gasteiger partial charge in [-0.3, -0.25) is 4.18 Å². The molecule has 1 atom stereocenters. The van der Waals surface area contributed by atoms with E-state index in [1.807, 2.05) is 37.3 Å². The summed E-state index contributed by atoms with van der Waals surface area (Å²) in [6.45, 7) is 3.60. The monoisotopic (exact) mass is 444 g/mol. The SMILES string of the molecule is Cc1ccc(S(=O)(=O)OC[C@@]2(C)COc3cccc(-c4ccccc4Cl)c3O2)cc1. The van der Waals surface area contributed by atoms with E-state index in [4.69, 9.17) is 25.3 Å². The first-order chi connectivity index (χ1) is 14.3. The van der Waals surface area contributed by atoms with Gasteiger partial charge in [-0.1, -0.05) is 59.6 Å². The number of halogens is 1. The van der Waals surface area contributed by atoms with E-state index in [-0.39, 0.29) is 18.1 Å². The summed E-state index contributed by atoms with van der Waals surface area (Å²) < 4.78 is 42.6. The van der Waals surface area contributed by atoms with Crippen LogP contribution in [-0.2, 0) is 14.3 Å². The zero-order valence-corrected chi connectivity index (χ0v) is 18.2. The third-order valence-corrected chi connectivity index (χ3v) is 6.46. The summed E-state index contributed by atoms with van der Waals surface area (Å²) in [5.41, 5.74) is 1.54. The molecule has 3 aromatic carbocycles. The highest BCUT2D eigenvalue weighted by atomic mass is 35.5. The van der Waals surface area contributed by atoms with Crippen molar-refractivity contribution < 1.29 is 22.1 Å². The first kappa shape index (κ1) is 20.7. The van der Waals surface area contributed by atoms with Crippen LogP contribution < -0.4 is 9.47 Å². The number of para-hydroxylation sites is 1. The lowest BCUT2D eigenvalue weighted by molar-refractivity contribution is -0.0244. The summed E-state index contributed by atoms with van der Waals surface area (Å²) in [5.74, 6) is 1.09. The molecule has 0 fully saturated rings. The predicted molar refractivity (Wildman–Crippen MR) is 116 cm³/mol. The molecule has 0 bridgehead atoms. The molecule has 156 valence electrons. The largest absolute Gasteiger partial charge is 0.485 e. The Balaban J connectivity index is 1.59. The van der Waals surface area contributed by atoms with E-state index in [2.05, 4.69) is 0 Å². The van der Waals surface area contributed by atoms with Crippen molar-refractivity contribution in [1.29, 1.82) is 0 Å². The van der Waals surface area contributed by atoms with Gasteiger partial charge in [0.2, 0.25) is 0 Å². The molecule has 0 aromatic heterocycles. The van der Waals surface area contributed by atoms with E-state index in [0.717, 1.165) is 16.7 Å². The maximum absolute atomic E-state index is 12.6. The van der Waals surface area contributed by atoms with Crippen LogP contribution in [0.25, 0.3) is 11.1 Å². The van der Waals surface area contributed by atoms with Crippen molar-refractivity contribution in [3.8, 4) is 22.6 Å². The van der Waals surface area contributed by atoms with Crippen LogP contribution in [0.3, 0.4) is 0 Å². The van der Waals surface area contributed by atoms with Crippen LogP contribution in [0.1, 0.15) is 12.5 Å². The fourth-order valence-corrected chi connectivity index (χ4v) is 4.43. The van der Waals surface area contributed by atoms with Gasteiger partial charge in [0.1, 0.15) is 13.2 Å². The molecule has 3 aromatic rings. The van der Waals surface area contributed by atoms with Gasteiger partial charge < -0.3 is 9.47 Å². The van der Waals surface area contributed by atoms with Gasteiger partial charge in [0, 0.05) is 16.1 Å². The molecule has 1 aliphatic heterocycles. The lowest BCUT2D eigenvalue weighted by atomic mass is 10.0. The standard InChI is InChI=1S/C23H21ClO5S/c1-16-10-12-17(13-11-16)30(25,26)28-15-23(2)14-27-21-9-5-7-19(22(21)29-23)18-6-3-4-8-20(18)24/h3-13H,14-15H2,1-2H3/t23-/m1/s1. The van der Waals surface area contributed by atoms with Crippen LogP contribution in [-0.4, -0.2) is 27.2 Å². The molecular formula is C23H21ClO5S. The average Bonchev–Trinajstić information content (AvgIpc) is 2.73. The van der Waals surface area contributed by atoms with E-state index < -0.39 is 15.7 Å². The summed E-state index contributed by atoms with van der Waals surface area (Å²) in [4.78, 5) is 0.102. The van der Waals surface area contributed by atoms with Crippen LogP contribution in [0.2, 0.25) is 5.02 Å². The molecule has 0 radical (unpaired) electrons. The quantitative estimate of drug-likeness (QED) is 0.503. The number of aryl methyl sites for hydroxylation is 1. The first-order valence-corrected chi connectivity index (χ1v) is 11.2. The van der Waals surface area contributed by atoms with Crippen molar-refractivity contribution in [2.75, 3.05) is 13.2 Å². The minimum atomic E-state index is -3.92. The van der Waals surface area contributed by atoms with Crippen molar-refractivity contribution in [2.24, 2.45) is 0 Å². The fourth-order valence-electron chi connectivity index (χ4n) is 3.18. The van der Waals surface area contributed by atoms with E-state index in [0.29, 0.717) is 16.5 Å². The highest BCUT2D eigenvalue weighted by Crippen LogP contribution is 2.44. The number of benzene rings is 3. The topological polar surface area (TPSA) is 61.8 Å². The molecular weight excluding hydrogens is 424 g/mol.